The van der Waals surface area contributed by atoms with Crippen LogP contribution >= 0.6 is 0 Å². The van der Waals surface area contributed by atoms with E-state index in [2.05, 4.69) is 16.6 Å². The fourth-order valence-electron chi connectivity index (χ4n) is 6.19. The van der Waals surface area contributed by atoms with Crippen LogP contribution in [0.4, 0.5) is 0 Å². The van der Waals surface area contributed by atoms with Gasteiger partial charge in [-0.15, -0.1) is 0 Å². The second-order valence-electron chi connectivity index (χ2n) is 10.9. The normalized spacial score (nSPS) is 15.3. The lowest BCUT2D eigenvalue weighted by Crippen LogP contribution is -2.39. The molecular formula is C36H36N2O7. The minimum atomic E-state index is -0.546. The maximum atomic E-state index is 13.2. The number of phenolic OH excluding ortho intramolecular Hbond substituents is 1. The van der Waals surface area contributed by atoms with Crippen molar-refractivity contribution in [3.05, 3.63) is 95.1 Å². The van der Waals surface area contributed by atoms with Crippen LogP contribution in [-0.4, -0.2) is 62.7 Å². The van der Waals surface area contributed by atoms with Gasteiger partial charge >= 0.3 is 5.97 Å². The predicted molar refractivity (Wildman–Crippen MR) is 174 cm³/mol. The van der Waals surface area contributed by atoms with Crippen molar-refractivity contribution in [2.75, 3.05) is 40.0 Å². The van der Waals surface area contributed by atoms with Gasteiger partial charge in [-0.3, -0.25) is 9.89 Å². The van der Waals surface area contributed by atoms with Crippen LogP contribution in [0.25, 0.3) is 32.7 Å². The molecule has 2 aromatic heterocycles. The third-order valence-corrected chi connectivity index (χ3v) is 8.29. The van der Waals surface area contributed by atoms with Gasteiger partial charge in [-0.25, -0.2) is 4.79 Å². The molecule has 0 saturated carbocycles. The van der Waals surface area contributed by atoms with Crippen molar-refractivity contribution in [1.82, 2.24) is 4.90 Å². The summed E-state index contributed by atoms with van der Waals surface area (Å²) in [6.07, 6.45) is 6.04. The lowest BCUT2D eigenvalue weighted by Gasteiger charge is -2.36. The van der Waals surface area contributed by atoms with Crippen molar-refractivity contribution in [2.45, 2.75) is 26.3 Å². The summed E-state index contributed by atoms with van der Waals surface area (Å²) in [5.74, 6) is 1.33. The summed E-state index contributed by atoms with van der Waals surface area (Å²) >= 11 is 0. The highest BCUT2D eigenvalue weighted by atomic mass is 16.5. The molecule has 1 fully saturated rings. The van der Waals surface area contributed by atoms with Crippen molar-refractivity contribution in [1.29, 1.82) is 0 Å². The molecule has 1 saturated heterocycles. The second-order valence-corrected chi connectivity index (χ2v) is 10.9. The van der Waals surface area contributed by atoms with Gasteiger partial charge in [0.2, 0.25) is 0 Å². The number of phenols is 1. The zero-order chi connectivity index (χ0) is 31.5. The summed E-state index contributed by atoms with van der Waals surface area (Å²) in [5, 5.41) is 14.8. The molecule has 1 N–H and O–H groups in total. The Bertz CT molecular complexity index is 1910. The van der Waals surface area contributed by atoms with Gasteiger partial charge in [0.15, 0.2) is 0 Å². The fourth-order valence-corrected chi connectivity index (χ4v) is 6.19. The van der Waals surface area contributed by atoms with E-state index < -0.39 is 12.0 Å². The van der Waals surface area contributed by atoms with Gasteiger partial charge in [0.1, 0.15) is 39.7 Å². The number of fused-ring (bicyclic) bond motifs is 4. The van der Waals surface area contributed by atoms with Crippen molar-refractivity contribution in [2.24, 2.45) is 4.99 Å². The molecule has 0 spiro atoms. The van der Waals surface area contributed by atoms with E-state index in [0.29, 0.717) is 78.1 Å². The highest BCUT2D eigenvalue weighted by Crippen LogP contribution is 2.48. The van der Waals surface area contributed by atoms with Crippen LogP contribution in [0.1, 0.15) is 40.4 Å². The number of morpholine rings is 1. The summed E-state index contributed by atoms with van der Waals surface area (Å²) in [5.41, 5.74) is 3.01. The molecule has 3 aromatic carbocycles. The maximum absolute atomic E-state index is 13.2. The third kappa shape index (κ3) is 5.72. The Hall–Kier alpha value is -4.86. The van der Waals surface area contributed by atoms with Gasteiger partial charge in [0.25, 0.3) is 0 Å². The molecule has 0 radical (unpaired) electrons. The molecule has 9 heteroatoms. The third-order valence-electron chi connectivity index (χ3n) is 8.29. The van der Waals surface area contributed by atoms with Gasteiger partial charge in [-0.1, -0.05) is 24.3 Å². The van der Waals surface area contributed by atoms with Crippen LogP contribution in [0.15, 0.2) is 86.3 Å². The molecule has 0 aliphatic carbocycles. The average molecular weight is 609 g/mol. The number of aryl methyl sites for hydroxylation is 1. The van der Waals surface area contributed by atoms with Crippen LogP contribution in [0.2, 0.25) is 0 Å². The maximum Gasteiger partial charge on any atom is 0.342 e. The Labute approximate surface area is 261 Å². The molecule has 1 atom stereocenters. The Kier molecular flexibility index (Phi) is 8.73. The first kappa shape index (κ1) is 30.2. The number of ether oxygens (including phenoxy) is 3. The molecule has 1 aliphatic heterocycles. The zero-order valence-electron chi connectivity index (χ0n) is 25.7. The number of nitrogens with zero attached hydrogens (tertiary/aromatic N) is 2. The molecule has 0 bridgehead atoms. The van der Waals surface area contributed by atoms with Gasteiger partial charge in [0, 0.05) is 52.8 Å². The van der Waals surface area contributed by atoms with E-state index in [9.17, 15) is 9.90 Å². The van der Waals surface area contributed by atoms with E-state index in [1.54, 1.807) is 13.1 Å². The first-order chi connectivity index (χ1) is 21.9. The van der Waals surface area contributed by atoms with Crippen LogP contribution in [0.3, 0.4) is 0 Å². The quantitative estimate of drug-likeness (QED) is 0.100. The predicted octanol–water partition coefficient (Wildman–Crippen LogP) is 7.29. The van der Waals surface area contributed by atoms with Crippen LogP contribution in [-0.2, 0) is 15.9 Å². The Balaban J connectivity index is 1.48. The molecule has 5 aromatic rings. The van der Waals surface area contributed by atoms with E-state index in [-0.39, 0.29) is 11.3 Å². The molecule has 1 aliphatic rings. The fraction of sp³-hybridized carbons (Fsp3) is 0.278. The summed E-state index contributed by atoms with van der Waals surface area (Å²) < 4.78 is 29.3. The Morgan fingerprint density at radius 2 is 1.93 bits per heavy atom. The van der Waals surface area contributed by atoms with Gasteiger partial charge in [-0.05, 0) is 62.5 Å². The van der Waals surface area contributed by atoms with Crippen molar-refractivity contribution < 1.29 is 32.9 Å². The monoisotopic (exact) mass is 608 g/mol. The number of furan rings is 2. The standard InChI is InChI=1S/C36H36N2O7/c1-5-23(12-14-37-3)33(38-15-18-42-19-16-38)32-31-30(36(40)41-4)22(2)44-35(31)28-21-25(10-11-27(28)34(32)39)43-17-13-26-20-24-8-6-7-9-29(24)45-26/h5-12,14,20-21,33,39H,3,13,15-19H2,1-2,4H3/b14-12-,23-5+. The number of carbonyl (C=O) groups is 1. The van der Waals surface area contributed by atoms with E-state index >= 15 is 0 Å². The summed E-state index contributed by atoms with van der Waals surface area (Å²) in [7, 11) is 1.34. The average Bonchev–Trinajstić information content (AvgIpc) is 3.64. The molecule has 6 rings (SSSR count). The first-order valence-electron chi connectivity index (χ1n) is 15.0. The van der Waals surface area contributed by atoms with Crippen molar-refractivity contribution >= 4 is 45.4 Å². The molecule has 232 valence electrons. The number of allylic oxidation sites excluding steroid dienone is 1. The lowest BCUT2D eigenvalue weighted by atomic mass is 9.88. The molecule has 3 heterocycles. The number of rotatable bonds is 10. The van der Waals surface area contributed by atoms with Gasteiger partial charge in [0.05, 0.1) is 33.0 Å². The minimum absolute atomic E-state index is 0.0492. The van der Waals surface area contributed by atoms with Crippen LogP contribution in [0, 0.1) is 6.92 Å². The summed E-state index contributed by atoms with van der Waals surface area (Å²) in [4.78, 5) is 19.4. The number of aromatic hydroxyl groups is 1. The van der Waals surface area contributed by atoms with Crippen molar-refractivity contribution in [3.63, 3.8) is 0 Å². The molecule has 9 nitrogen and oxygen atoms in total. The topological polar surface area (TPSA) is 107 Å². The molecule has 1 unspecified atom stereocenters. The largest absolute Gasteiger partial charge is 0.507 e. The summed E-state index contributed by atoms with van der Waals surface area (Å²) in [6.45, 7) is 9.96. The van der Waals surface area contributed by atoms with Crippen molar-refractivity contribution in [3.8, 4) is 11.5 Å². The number of hydrogen-bond acceptors (Lipinski definition) is 9. The van der Waals surface area contributed by atoms with E-state index in [4.69, 9.17) is 23.0 Å². The smallest absolute Gasteiger partial charge is 0.342 e. The number of esters is 1. The summed E-state index contributed by atoms with van der Waals surface area (Å²) in [6, 6.07) is 15.0. The molecule has 0 amide bonds. The first-order valence-corrected chi connectivity index (χ1v) is 15.0. The molecular weight excluding hydrogens is 572 g/mol. The SMILES string of the molecule is C=N/C=C\C(=C/C)C(c1c(O)c2ccc(OCCc3cc4ccccc4o3)cc2c2oc(C)c(C(=O)OC)c12)N1CCOCC1. The second kappa shape index (κ2) is 13.0. The Morgan fingerprint density at radius 1 is 1.13 bits per heavy atom. The van der Waals surface area contributed by atoms with Gasteiger partial charge in [-0.2, -0.15) is 0 Å². The van der Waals surface area contributed by atoms with E-state index in [1.165, 1.54) is 7.11 Å². The highest BCUT2D eigenvalue weighted by molar-refractivity contribution is 6.17. The molecule has 45 heavy (non-hydrogen) atoms. The van der Waals surface area contributed by atoms with E-state index in [1.807, 2.05) is 67.6 Å². The number of para-hydroxylation sites is 1. The number of hydrogen-bond donors (Lipinski definition) is 1. The number of methoxy groups -OCH3 is 1. The van der Waals surface area contributed by atoms with E-state index in [0.717, 1.165) is 22.3 Å². The van der Waals surface area contributed by atoms with Gasteiger partial charge < -0.3 is 28.2 Å². The van der Waals surface area contributed by atoms with Crippen LogP contribution < -0.4 is 4.74 Å². The minimum Gasteiger partial charge on any atom is -0.507 e. The zero-order valence-corrected chi connectivity index (χ0v) is 25.7. The number of aliphatic imine (C=N–C) groups is 1. The van der Waals surface area contributed by atoms with Crippen LogP contribution in [0.5, 0.6) is 11.5 Å². The highest BCUT2D eigenvalue weighted by Gasteiger charge is 2.34. The Morgan fingerprint density at radius 3 is 2.67 bits per heavy atom. The lowest BCUT2D eigenvalue weighted by molar-refractivity contribution is 0.0237. The number of benzene rings is 3. The number of carbonyl (C=O) groups excluding carboxylic acids is 1.